The zero-order valence-electron chi connectivity index (χ0n) is 17.5. The van der Waals surface area contributed by atoms with E-state index in [1.165, 1.54) is 19.3 Å². The van der Waals surface area contributed by atoms with Crippen molar-refractivity contribution in [3.8, 4) is 0 Å². The molecule has 0 unspecified atom stereocenters. The molecule has 1 N–H and O–H groups in total. The highest BCUT2D eigenvalue weighted by atomic mass is 16.5. The summed E-state index contributed by atoms with van der Waals surface area (Å²) in [6.07, 6.45) is 9.00. The van der Waals surface area contributed by atoms with Gasteiger partial charge in [-0.1, -0.05) is 25.7 Å². The highest BCUT2D eigenvalue weighted by Gasteiger charge is 2.38. The molecule has 0 aromatic heterocycles. The van der Waals surface area contributed by atoms with Crippen molar-refractivity contribution in [2.24, 2.45) is 0 Å². The Hall–Kier alpha value is -1.67. The fraction of sp³-hybridized carbons (Fsp3) is 0.857. The van der Waals surface area contributed by atoms with Gasteiger partial charge in [-0.3, -0.25) is 19.3 Å². The molecule has 29 heavy (non-hydrogen) atoms. The number of likely N-dealkylation sites (tertiary alicyclic amines) is 1. The minimum Gasteiger partial charge on any atom is -0.454 e. The van der Waals surface area contributed by atoms with Gasteiger partial charge in [0.05, 0.1) is 13.2 Å². The first-order valence-electron chi connectivity index (χ1n) is 11.1. The lowest BCUT2D eigenvalue weighted by molar-refractivity contribution is -0.152. The van der Waals surface area contributed by atoms with Gasteiger partial charge in [0.25, 0.3) is 5.91 Å². The highest BCUT2D eigenvalue weighted by Crippen LogP contribution is 2.33. The molecular weight excluding hydrogens is 374 g/mol. The molecule has 2 heterocycles. The molecule has 2 aliphatic heterocycles. The van der Waals surface area contributed by atoms with E-state index in [4.69, 9.17) is 9.47 Å². The molecule has 0 radical (unpaired) electrons. The zero-order chi connectivity index (χ0) is 20.5. The van der Waals surface area contributed by atoms with E-state index in [2.05, 4.69) is 10.2 Å². The van der Waals surface area contributed by atoms with Crippen LogP contribution in [0.25, 0.3) is 0 Å². The van der Waals surface area contributed by atoms with Gasteiger partial charge in [0.15, 0.2) is 6.61 Å². The second-order valence-electron chi connectivity index (χ2n) is 8.45. The van der Waals surface area contributed by atoms with Crippen LogP contribution < -0.4 is 5.32 Å². The van der Waals surface area contributed by atoms with Crippen LogP contribution in [0.2, 0.25) is 0 Å². The Morgan fingerprint density at radius 1 is 1.00 bits per heavy atom. The lowest BCUT2D eigenvalue weighted by Crippen LogP contribution is -2.59. The van der Waals surface area contributed by atoms with E-state index in [0.29, 0.717) is 19.5 Å². The molecule has 1 saturated carbocycles. The van der Waals surface area contributed by atoms with Gasteiger partial charge < -0.3 is 19.7 Å². The number of morpholine rings is 1. The van der Waals surface area contributed by atoms with Gasteiger partial charge in [0.1, 0.15) is 6.54 Å². The molecule has 164 valence electrons. The largest absolute Gasteiger partial charge is 0.454 e. The number of ether oxygens (including phenoxy) is 2. The molecule has 0 spiro atoms. The van der Waals surface area contributed by atoms with Crippen LogP contribution in [0.5, 0.6) is 0 Å². The normalized spacial score (nSPS) is 23.3. The molecule has 2 saturated heterocycles. The van der Waals surface area contributed by atoms with Crippen LogP contribution >= 0.6 is 0 Å². The Kier molecular flexibility index (Phi) is 8.29. The Bertz CT molecular complexity index is 571. The van der Waals surface area contributed by atoms with Crippen LogP contribution in [0.1, 0.15) is 57.8 Å². The summed E-state index contributed by atoms with van der Waals surface area (Å²) >= 11 is 0. The lowest BCUT2D eigenvalue weighted by Gasteiger charge is -2.48. The maximum absolute atomic E-state index is 12.3. The molecule has 0 aromatic carbocycles. The Labute approximate surface area is 173 Å². The third-order valence-corrected chi connectivity index (χ3v) is 6.44. The molecule has 0 atom stereocenters. The molecule has 8 heteroatoms. The predicted molar refractivity (Wildman–Crippen MR) is 107 cm³/mol. The first-order valence-corrected chi connectivity index (χ1v) is 11.1. The third-order valence-electron chi connectivity index (χ3n) is 6.44. The molecule has 3 rings (SSSR count). The number of hydrogen-bond acceptors (Lipinski definition) is 6. The number of amides is 2. The smallest absolute Gasteiger partial charge is 0.326 e. The first kappa shape index (κ1) is 22.0. The SMILES string of the molecule is O=C(COC(=O)CN1CCCCCC1=O)NCC1(N2CCOCC2)CCCCC1. The summed E-state index contributed by atoms with van der Waals surface area (Å²) in [5.41, 5.74) is -0.0137. The molecule has 8 nitrogen and oxygen atoms in total. The van der Waals surface area contributed by atoms with E-state index in [9.17, 15) is 14.4 Å². The number of carbonyl (C=O) groups is 3. The van der Waals surface area contributed by atoms with Crippen LogP contribution in [-0.2, 0) is 23.9 Å². The maximum Gasteiger partial charge on any atom is 0.326 e. The van der Waals surface area contributed by atoms with Crippen molar-refractivity contribution in [2.45, 2.75) is 63.3 Å². The van der Waals surface area contributed by atoms with Crippen LogP contribution in [0, 0.1) is 0 Å². The number of carbonyl (C=O) groups excluding carboxylic acids is 3. The van der Waals surface area contributed by atoms with Crippen molar-refractivity contribution in [3.05, 3.63) is 0 Å². The van der Waals surface area contributed by atoms with Crippen LogP contribution in [-0.4, -0.2) is 85.7 Å². The van der Waals surface area contributed by atoms with Crippen molar-refractivity contribution in [3.63, 3.8) is 0 Å². The monoisotopic (exact) mass is 409 g/mol. The van der Waals surface area contributed by atoms with Gasteiger partial charge in [-0.25, -0.2) is 0 Å². The van der Waals surface area contributed by atoms with Crippen molar-refractivity contribution in [2.75, 3.05) is 52.5 Å². The number of esters is 1. The minimum atomic E-state index is -0.518. The number of rotatable bonds is 7. The summed E-state index contributed by atoms with van der Waals surface area (Å²) in [7, 11) is 0. The molecular formula is C21H35N3O5. The average Bonchev–Trinajstić information content (AvgIpc) is 2.96. The molecule has 0 aromatic rings. The van der Waals surface area contributed by atoms with E-state index in [1.54, 1.807) is 4.90 Å². The van der Waals surface area contributed by atoms with Gasteiger partial charge >= 0.3 is 5.97 Å². The summed E-state index contributed by atoms with van der Waals surface area (Å²) in [6, 6.07) is 0. The molecule has 3 fully saturated rings. The number of nitrogens with one attached hydrogen (secondary N) is 1. The Balaban J connectivity index is 1.43. The molecule has 1 aliphatic carbocycles. The summed E-state index contributed by atoms with van der Waals surface area (Å²) < 4.78 is 10.6. The fourth-order valence-electron chi connectivity index (χ4n) is 4.72. The Morgan fingerprint density at radius 2 is 1.72 bits per heavy atom. The summed E-state index contributed by atoms with van der Waals surface area (Å²) in [5, 5.41) is 2.99. The topological polar surface area (TPSA) is 88.2 Å². The number of nitrogens with zero attached hydrogens (tertiary/aromatic N) is 2. The number of hydrogen-bond donors (Lipinski definition) is 1. The van der Waals surface area contributed by atoms with Gasteiger partial charge in [-0.15, -0.1) is 0 Å². The minimum absolute atomic E-state index is 0.00588. The second kappa shape index (κ2) is 10.9. The average molecular weight is 410 g/mol. The maximum atomic E-state index is 12.3. The molecule has 0 bridgehead atoms. The third kappa shape index (κ3) is 6.40. The summed E-state index contributed by atoms with van der Waals surface area (Å²) in [5.74, 6) is -0.802. The van der Waals surface area contributed by atoms with Crippen molar-refractivity contribution >= 4 is 17.8 Å². The van der Waals surface area contributed by atoms with Crippen molar-refractivity contribution < 1.29 is 23.9 Å². The standard InChI is InChI=1S/C21H35N3O5/c25-18(16-29-20(27)15-23-10-6-1-3-7-19(23)26)22-17-21(8-4-2-5-9-21)24-11-13-28-14-12-24/h1-17H2,(H,22,25). The lowest BCUT2D eigenvalue weighted by atomic mass is 9.79. The van der Waals surface area contributed by atoms with E-state index >= 15 is 0 Å². The van der Waals surface area contributed by atoms with E-state index in [0.717, 1.165) is 58.4 Å². The van der Waals surface area contributed by atoms with E-state index < -0.39 is 5.97 Å². The quantitative estimate of drug-likeness (QED) is 0.633. The van der Waals surface area contributed by atoms with Crippen molar-refractivity contribution in [1.29, 1.82) is 0 Å². The second-order valence-corrected chi connectivity index (χ2v) is 8.45. The van der Waals surface area contributed by atoms with Gasteiger partial charge in [0.2, 0.25) is 5.91 Å². The van der Waals surface area contributed by atoms with E-state index in [1.807, 2.05) is 0 Å². The van der Waals surface area contributed by atoms with Crippen molar-refractivity contribution in [1.82, 2.24) is 15.1 Å². The van der Waals surface area contributed by atoms with Crippen LogP contribution in [0.15, 0.2) is 0 Å². The first-order chi connectivity index (χ1) is 14.1. The highest BCUT2D eigenvalue weighted by molar-refractivity contribution is 5.84. The van der Waals surface area contributed by atoms with Crippen LogP contribution in [0.3, 0.4) is 0 Å². The predicted octanol–water partition coefficient (Wildman–Crippen LogP) is 1.08. The summed E-state index contributed by atoms with van der Waals surface area (Å²) in [6.45, 7) is 4.08. The Morgan fingerprint density at radius 3 is 2.48 bits per heavy atom. The van der Waals surface area contributed by atoms with Gasteiger partial charge in [-0.05, 0) is 25.7 Å². The van der Waals surface area contributed by atoms with Gasteiger partial charge in [-0.2, -0.15) is 0 Å². The molecule has 3 aliphatic rings. The fourth-order valence-corrected chi connectivity index (χ4v) is 4.72. The van der Waals surface area contributed by atoms with E-state index in [-0.39, 0.29) is 30.5 Å². The summed E-state index contributed by atoms with van der Waals surface area (Å²) in [4.78, 5) is 40.4. The van der Waals surface area contributed by atoms with Gasteiger partial charge in [0, 0.05) is 38.1 Å². The zero-order valence-corrected chi connectivity index (χ0v) is 17.5. The van der Waals surface area contributed by atoms with Crippen LogP contribution in [0.4, 0.5) is 0 Å². The molecule has 2 amide bonds.